The highest BCUT2D eigenvalue weighted by Crippen LogP contribution is 2.28. The fourth-order valence-corrected chi connectivity index (χ4v) is 4.66. The third-order valence-electron chi connectivity index (χ3n) is 5.07. The number of rotatable bonds is 4. The molecule has 0 unspecified atom stereocenters. The van der Waals surface area contributed by atoms with Crippen LogP contribution in [0.2, 0.25) is 0 Å². The Morgan fingerprint density at radius 1 is 1.13 bits per heavy atom. The van der Waals surface area contributed by atoms with Crippen molar-refractivity contribution >= 4 is 23.6 Å². The van der Waals surface area contributed by atoms with Crippen molar-refractivity contribution in [2.24, 2.45) is 0 Å². The van der Waals surface area contributed by atoms with E-state index in [1.807, 2.05) is 61.5 Å². The Morgan fingerprint density at radius 2 is 1.93 bits per heavy atom. The maximum Gasteiger partial charge on any atom is 0.320 e. The molecule has 1 fully saturated rings. The summed E-state index contributed by atoms with van der Waals surface area (Å²) in [6.07, 6.45) is 1.78. The minimum atomic E-state index is -0.362. The van der Waals surface area contributed by atoms with Gasteiger partial charge in [0, 0.05) is 30.6 Å². The number of para-hydroxylation sites is 1. The molecule has 0 spiro atoms. The number of thioether (sulfide) groups is 1. The van der Waals surface area contributed by atoms with Gasteiger partial charge >= 0.3 is 5.97 Å². The standard InChI is InChI=1S/C23H23N3O3S/c1-16-7-6-8-17(13-16)21-19(14-26(24-21)18-9-4-3-5-10-18)22(27)25-11-12-30-20(15-25)23(28)29-2/h3-10,13-14,20H,11-12,15H2,1-2H3/t20-/m1/s1. The Morgan fingerprint density at radius 3 is 2.67 bits per heavy atom. The topological polar surface area (TPSA) is 64.4 Å². The SMILES string of the molecule is COC(=O)[C@H]1CN(C(=O)c2cn(-c3ccccc3)nc2-c2cccc(C)c2)CCS1. The third-order valence-corrected chi connectivity index (χ3v) is 6.24. The van der Waals surface area contributed by atoms with Gasteiger partial charge in [0.15, 0.2) is 0 Å². The van der Waals surface area contributed by atoms with Gasteiger partial charge in [-0.2, -0.15) is 5.10 Å². The Labute approximate surface area is 179 Å². The lowest BCUT2D eigenvalue weighted by Gasteiger charge is -2.30. The van der Waals surface area contributed by atoms with Gasteiger partial charge in [-0.1, -0.05) is 42.0 Å². The average Bonchev–Trinajstić information content (AvgIpc) is 3.24. The van der Waals surface area contributed by atoms with Gasteiger partial charge in [0.1, 0.15) is 10.9 Å². The van der Waals surface area contributed by atoms with Gasteiger partial charge in [0.2, 0.25) is 0 Å². The van der Waals surface area contributed by atoms with Gasteiger partial charge in [0.25, 0.3) is 5.91 Å². The largest absolute Gasteiger partial charge is 0.468 e. The number of carbonyl (C=O) groups excluding carboxylic acids is 2. The predicted octanol–water partition coefficient (Wildman–Crippen LogP) is 3.58. The monoisotopic (exact) mass is 421 g/mol. The molecule has 1 atom stereocenters. The molecule has 154 valence electrons. The van der Waals surface area contributed by atoms with E-state index in [0.29, 0.717) is 30.1 Å². The molecule has 7 heteroatoms. The molecule has 0 aliphatic carbocycles. The summed E-state index contributed by atoms with van der Waals surface area (Å²) >= 11 is 1.53. The molecule has 0 bridgehead atoms. The van der Waals surface area contributed by atoms with Crippen molar-refractivity contribution in [3.05, 3.63) is 71.9 Å². The van der Waals surface area contributed by atoms with Crippen LogP contribution in [0.15, 0.2) is 60.8 Å². The summed E-state index contributed by atoms with van der Waals surface area (Å²) in [5, 5.41) is 4.39. The van der Waals surface area contributed by atoms with E-state index in [9.17, 15) is 9.59 Å². The van der Waals surface area contributed by atoms with Crippen LogP contribution in [0.4, 0.5) is 0 Å². The third kappa shape index (κ3) is 4.11. The van der Waals surface area contributed by atoms with E-state index < -0.39 is 0 Å². The van der Waals surface area contributed by atoms with Gasteiger partial charge in [0.05, 0.1) is 18.4 Å². The molecular weight excluding hydrogens is 398 g/mol. The second kappa shape index (κ2) is 8.75. The lowest BCUT2D eigenvalue weighted by molar-refractivity contribution is -0.140. The van der Waals surface area contributed by atoms with E-state index in [0.717, 1.165) is 16.8 Å². The number of hydrogen-bond donors (Lipinski definition) is 0. The number of amides is 1. The Bertz CT molecular complexity index is 1060. The van der Waals surface area contributed by atoms with E-state index in [1.54, 1.807) is 15.8 Å². The van der Waals surface area contributed by atoms with Crippen molar-refractivity contribution in [1.29, 1.82) is 0 Å². The molecule has 2 aromatic carbocycles. The molecule has 0 radical (unpaired) electrons. The van der Waals surface area contributed by atoms with Crippen LogP contribution in [0.3, 0.4) is 0 Å². The minimum absolute atomic E-state index is 0.122. The highest BCUT2D eigenvalue weighted by molar-refractivity contribution is 8.00. The molecule has 1 aliphatic heterocycles. The number of aryl methyl sites for hydroxylation is 1. The van der Waals surface area contributed by atoms with Crippen molar-refractivity contribution < 1.29 is 14.3 Å². The fraction of sp³-hybridized carbons (Fsp3) is 0.261. The van der Waals surface area contributed by atoms with Gasteiger partial charge in [-0.3, -0.25) is 9.59 Å². The highest BCUT2D eigenvalue weighted by atomic mass is 32.2. The second-order valence-corrected chi connectivity index (χ2v) is 8.49. The minimum Gasteiger partial charge on any atom is -0.468 e. The molecular formula is C23H23N3O3S. The fourth-order valence-electron chi connectivity index (χ4n) is 3.53. The molecule has 0 N–H and O–H groups in total. The summed E-state index contributed by atoms with van der Waals surface area (Å²) in [7, 11) is 1.38. The lowest BCUT2D eigenvalue weighted by Crippen LogP contribution is -2.45. The average molecular weight is 422 g/mol. The molecule has 0 saturated carbocycles. The summed E-state index contributed by atoms with van der Waals surface area (Å²) in [6, 6.07) is 17.7. The molecule has 30 heavy (non-hydrogen) atoms. The Kier molecular flexibility index (Phi) is 5.90. The maximum absolute atomic E-state index is 13.5. The van der Waals surface area contributed by atoms with E-state index >= 15 is 0 Å². The molecule has 6 nitrogen and oxygen atoms in total. The van der Waals surface area contributed by atoms with Crippen LogP contribution in [-0.4, -0.2) is 57.8 Å². The quantitative estimate of drug-likeness (QED) is 0.603. The highest BCUT2D eigenvalue weighted by Gasteiger charge is 2.32. The Hall–Kier alpha value is -3.06. The molecule has 2 heterocycles. The van der Waals surface area contributed by atoms with Crippen LogP contribution in [0, 0.1) is 6.92 Å². The first-order valence-electron chi connectivity index (χ1n) is 9.77. The van der Waals surface area contributed by atoms with Crippen molar-refractivity contribution in [3.63, 3.8) is 0 Å². The second-order valence-electron chi connectivity index (χ2n) is 7.17. The van der Waals surface area contributed by atoms with Crippen LogP contribution >= 0.6 is 11.8 Å². The van der Waals surface area contributed by atoms with E-state index in [1.165, 1.54) is 18.9 Å². The normalized spacial score (nSPS) is 16.3. The molecule has 4 rings (SSSR count). The number of ether oxygens (including phenoxy) is 1. The summed E-state index contributed by atoms with van der Waals surface area (Å²) in [5.74, 6) is 0.275. The molecule has 3 aromatic rings. The van der Waals surface area contributed by atoms with Crippen LogP contribution < -0.4 is 0 Å². The summed E-state index contributed by atoms with van der Waals surface area (Å²) in [6.45, 7) is 2.93. The van der Waals surface area contributed by atoms with Crippen molar-refractivity contribution in [2.75, 3.05) is 26.0 Å². The van der Waals surface area contributed by atoms with Crippen LogP contribution in [0.5, 0.6) is 0 Å². The van der Waals surface area contributed by atoms with Gasteiger partial charge < -0.3 is 9.64 Å². The lowest BCUT2D eigenvalue weighted by atomic mass is 10.0. The number of hydrogen-bond acceptors (Lipinski definition) is 5. The number of benzene rings is 2. The molecule has 1 aliphatic rings. The number of carbonyl (C=O) groups is 2. The number of nitrogens with zero attached hydrogens (tertiary/aromatic N) is 3. The van der Waals surface area contributed by atoms with Crippen molar-refractivity contribution in [1.82, 2.24) is 14.7 Å². The number of aromatic nitrogens is 2. The number of methoxy groups -OCH3 is 1. The zero-order valence-electron chi connectivity index (χ0n) is 16.9. The zero-order valence-corrected chi connectivity index (χ0v) is 17.8. The molecule has 1 amide bonds. The van der Waals surface area contributed by atoms with Gasteiger partial charge in [-0.25, -0.2) is 4.68 Å². The maximum atomic E-state index is 13.5. The van der Waals surface area contributed by atoms with Gasteiger partial charge in [-0.05, 0) is 25.1 Å². The predicted molar refractivity (Wildman–Crippen MR) is 118 cm³/mol. The summed E-state index contributed by atoms with van der Waals surface area (Å²) in [4.78, 5) is 27.2. The summed E-state index contributed by atoms with van der Waals surface area (Å²) < 4.78 is 6.61. The zero-order chi connectivity index (χ0) is 21.1. The van der Waals surface area contributed by atoms with Crippen LogP contribution in [-0.2, 0) is 9.53 Å². The molecule has 1 aromatic heterocycles. The van der Waals surface area contributed by atoms with E-state index in [-0.39, 0.29) is 17.1 Å². The van der Waals surface area contributed by atoms with E-state index in [2.05, 4.69) is 0 Å². The van der Waals surface area contributed by atoms with Gasteiger partial charge in [-0.15, -0.1) is 11.8 Å². The van der Waals surface area contributed by atoms with Crippen LogP contribution in [0.25, 0.3) is 16.9 Å². The molecule has 1 saturated heterocycles. The number of esters is 1. The van der Waals surface area contributed by atoms with Crippen molar-refractivity contribution in [3.8, 4) is 16.9 Å². The smallest absolute Gasteiger partial charge is 0.320 e. The van der Waals surface area contributed by atoms with E-state index in [4.69, 9.17) is 9.84 Å². The first kappa shape index (κ1) is 20.2. The van der Waals surface area contributed by atoms with Crippen molar-refractivity contribution in [2.45, 2.75) is 12.2 Å². The Balaban J connectivity index is 1.73. The summed E-state index contributed by atoms with van der Waals surface area (Å²) in [5.41, 5.74) is 4.04. The first-order chi connectivity index (χ1) is 14.6. The van der Waals surface area contributed by atoms with Crippen LogP contribution in [0.1, 0.15) is 15.9 Å². The first-order valence-corrected chi connectivity index (χ1v) is 10.8.